The summed E-state index contributed by atoms with van der Waals surface area (Å²) in [5, 5.41) is 14.5. The number of nitrogens with one attached hydrogen (secondary N) is 2. The van der Waals surface area contributed by atoms with Gasteiger partial charge in [-0.3, -0.25) is 9.59 Å². The average molecular weight is 368 g/mol. The number of amides is 2. The number of benzene rings is 1. The molecule has 0 aliphatic heterocycles. The second kappa shape index (κ2) is 7.28. The topological polar surface area (TPSA) is 154 Å². The highest BCUT2D eigenvalue weighted by molar-refractivity contribution is 5.99. The van der Waals surface area contributed by atoms with E-state index >= 15 is 0 Å². The first-order valence-corrected chi connectivity index (χ1v) is 8.32. The molecule has 0 aliphatic rings. The number of anilines is 3. The second-order valence-electron chi connectivity index (χ2n) is 5.99. The van der Waals surface area contributed by atoms with Crippen LogP contribution < -0.4 is 22.1 Å². The minimum absolute atomic E-state index is 0.0633. The Balaban J connectivity index is 2.00. The molecule has 0 spiro atoms. The zero-order valence-corrected chi connectivity index (χ0v) is 14.9. The lowest BCUT2D eigenvalue weighted by atomic mass is 10.2. The van der Waals surface area contributed by atoms with E-state index in [1.165, 1.54) is 0 Å². The van der Waals surface area contributed by atoms with Crippen molar-refractivity contribution < 1.29 is 9.59 Å². The summed E-state index contributed by atoms with van der Waals surface area (Å²) in [7, 11) is 1.93. The molecule has 27 heavy (non-hydrogen) atoms. The van der Waals surface area contributed by atoms with Crippen molar-refractivity contribution in [1.82, 2.24) is 19.7 Å². The van der Waals surface area contributed by atoms with Gasteiger partial charge in [0.1, 0.15) is 6.04 Å². The van der Waals surface area contributed by atoms with Crippen LogP contribution in [0.3, 0.4) is 0 Å². The average Bonchev–Trinajstić information content (AvgIpc) is 3.01. The zero-order valence-electron chi connectivity index (χ0n) is 14.9. The van der Waals surface area contributed by atoms with Gasteiger partial charge in [-0.1, -0.05) is 13.0 Å². The first kappa shape index (κ1) is 18.1. The molecule has 0 saturated carbocycles. The molecule has 10 heteroatoms. The molecule has 1 aromatic carbocycles. The van der Waals surface area contributed by atoms with Crippen molar-refractivity contribution in [3.8, 4) is 0 Å². The van der Waals surface area contributed by atoms with E-state index in [0.29, 0.717) is 6.42 Å². The Kier molecular flexibility index (Phi) is 4.88. The molecule has 1 atom stereocenters. The fourth-order valence-corrected chi connectivity index (χ4v) is 2.71. The van der Waals surface area contributed by atoms with Gasteiger partial charge in [0.05, 0.1) is 0 Å². The van der Waals surface area contributed by atoms with Gasteiger partial charge in [0.15, 0.2) is 11.5 Å². The fraction of sp³-hybridized carbons (Fsp3) is 0.235. The monoisotopic (exact) mass is 368 g/mol. The summed E-state index contributed by atoms with van der Waals surface area (Å²) in [4.78, 5) is 27.4. The zero-order chi connectivity index (χ0) is 19.6. The van der Waals surface area contributed by atoms with Crippen LogP contribution >= 0.6 is 0 Å². The lowest BCUT2D eigenvalue weighted by molar-refractivity contribution is -0.118. The molecule has 3 rings (SSSR count). The van der Waals surface area contributed by atoms with Crippen LogP contribution in [-0.4, -0.2) is 37.6 Å². The highest BCUT2D eigenvalue weighted by Crippen LogP contribution is 2.27. The molecule has 0 aliphatic carbocycles. The molecule has 0 radical (unpaired) electrons. The molecular formula is C17H20N8O2. The Labute approximate surface area is 155 Å². The number of nitrogens with zero attached hydrogens (tertiary/aromatic N) is 4. The van der Waals surface area contributed by atoms with E-state index < -0.39 is 17.9 Å². The predicted molar refractivity (Wildman–Crippen MR) is 101 cm³/mol. The van der Waals surface area contributed by atoms with Gasteiger partial charge in [-0.25, -0.2) is 0 Å². The van der Waals surface area contributed by atoms with Crippen molar-refractivity contribution in [2.75, 3.05) is 10.6 Å². The summed E-state index contributed by atoms with van der Waals surface area (Å²) in [6, 6.07) is 6.98. The maximum Gasteiger partial charge on any atom is 0.273 e. The quantitative estimate of drug-likeness (QED) is 0.482. The van der Waals surface area contributed by atoms with E-state index in [1.54, 1.807) is 6.92 Å². The molecule has 2 aromatic heterocycles. The van der Waals surface area contributed by atoms with Crippen molar-refractivity contribution in [1.29, 1.82) is 0 Å². The molecule has 140 valence electrons. The Morgan fingerprint density at radius 2 is 2.00 bits per heavy atom. The van der Waals surface area contributed by atoms with Crippen LogP contribution in [0.5, 0.6) is 0 Å². The summed E-state index contributed by atoms with van der Waals surface area (Å²) in [5.41, 5.74) is 12.3. The van der Waals surface area contributed by atoms with Crippen LogP contribution in [0.2, 0.25) is 0 Å². The first-order chi connectivity index (χ1) is 12.9. The molecule has 0 bridgehead atoms. The molecule has 3 aromatic rings. The Bertz CT molecular complexity index is 1010. The maximum atomic E-state index is 11.7. The summed E-state index contributed by atoms with van der Waals surface area (Å²) < 4.78 is 1.97. The largest absolute Gasteiger partial charge is 0.368 e. The number of fused-ring (bicyclic) bond motifs is 1. The highest BCUT2D eigenvalue weighted by atomic mass is 16.1. The third-order valence-corrected chi connectivity index (χ3v) is 4.16. The van der Waals surface area contributed by atoms with Crippen molar-refractivity contribution >= 4 is 40.2 Å². The number of nitrogens with two attached hydrogens (primary N) is 2. The van der Waals surface area contributed by atoms with Gasteiger partial charge in [0.25, 0.3) is 5.91 Å². The lowest BCUT2D eigenvalue weighted by Gasteiger charge is -2.15. The minimum Gasteiger partial charge on any atom is -0.368 e. The molecule has 10 nitrogen and oxygen atoms in total. The van der Waals surface area contributed by atoms with Gasteiger partial charge < -0.3 is 26.7 Å². The van der Waals surface area contributed by atoms with Crippen LogP contribution in [0, 0.1) is 0 Å². The van der Waals surface area contributed by atoms with Crippen LogP contribution in [0.25, 0.3) is 10.9 Å². The van der Waals surface area contributed by atoms with Gasteiger partial charge in [0, 0.05) is 29.8 Å². The van der Waals surface area contributed by atoms with Gasteiger partial charge in [-0.05, 0) is 24.6 Å². The van der Waals surface area contributed by atoms with Crippen molar-refractivity contribution in [2.45, 2.75) is 19.4 Å². The van der Waals surface area contributed by atoms with Gasteiger partial charge in [0.2, 0.25) is 11.9 Å². The van der Waals surface area contributed by atoms with Crippen LogP contribution in [0.15, 0.2) is 30.5 Å². The maximum absolute atomic E-state index is 11.7. The summed E-state index contributed by atoms with van der Waals surface area (Å²) in [5.74, 6) is -1.11. The number of primary amides is 2. The lowest BCUT2D eigenvalue weighted by Crippen LogP contribution is -2.35. The first-order valence-electron chi connectivity index (χ1n) is 8.32. The van der Waals surface area contributed by atoms with Gasteiger partial charge >= 0.3 is 0 Å². The van der Waals surface area contributed by atoms with Crippen molar-refractivity contribution in [2.24, 2.45) is 18.5 Å². The van der Waals surface area contributed by atoms with Crippen molar-refractivity contribution in [3.05, 3.63) is 36.2 Å². The Morgan fingerprint density at radius 3 is 2.67 bits per heavy atom. The predicted octanol–water partition coefficient (Wildman–Crippen LogP) is 0.882. The van der Waals surface area contributed by atoms with E-state index in [-0.39, 0.29) is 17.5 Å². The fourth-order valence-electron chi connectivity index (χ4n) is 2.71. The van der Waals surface area contributed by atoms with E-state index in [1.807, 2.05) is 42.1 Å². The minimum atomic E-state index is -0.772. The number of hydrogen-bond donors (Lipinski definition) is 4. The van der Waals surface area contributed by atoms with E-state index in [9.17, 15) is 9.59 Å². The number of aromatic nitrogens is 4. The summed E-state index contributed by atoms with van der Waals surface area (Å²) >= 11 is 0. The molecule has 2 heterocycles. The molecule has 0 fully saturated rings. The van der Waals surface area contributed by atoms with Gasteiger partial charge in [-0.2, -0.15) is 4.98 Å². The number of rotatable bonds is 7. The second-order valence-corrected chi connectivity index (χ2v) is 5.99. The molecule has 2 amide bonds. The Hall–Kier alpha value is -3.69. The molecular weight excluding hydrogens is 348 g/mol. The number of carbonyl (C=O) groups excluding carboxylic acids is 2. The third-order valence-electron chi connectivity index (χ3n) is 4.16. The third kappa shape index (κ3) is 3.64. The van der Waals surface area contributed by atoms with E-state index in [2.05, 4.69) is 25.8 Å². The molecule has 6 N–H and O–H groups in total. The number of carbonyl (C=O) groups is 2. The summed E-state index contributed by atoms with van der Waals surface area (Å²) in [6.07, 6.45) is 2.37. The van der Waals surface area contributed by atoms with Gasteiger partial charge in [-0.15, -0.1) is 10.2 Å². The molecule has 0 unspecified atom stereocenters. The van der Waals surface area contributed by atoms with E-state index in [4.69, 9.17) is 11.5 Å². The van der Waals surface area contributed by atoms with Crippen molar-refractivity contribution in [3.63, 3.8) is 0 Å². The van der Waals surface area contributed by atoms with Crippen LogP contribution in [0.1, 0.15) is 23.8 Å². The normalized spacial score (nSPS) is 11.9. The molecule has 0 saturated heterocycles. The standard InChI is InChI=1S/C17H20N8O2/c1-3-10(14(18)26)21-17-22-16(13(15(19)27)23-24-17)20-11-5-4-6-12-9(11)7-8-25(12)2/h4-8,10H,3H2,1-2H3,(H2,18,26)(H2,19,27)(H2,20,21,22,24)/t10-/m1/s1. The van der Waals surface area contributed by atoms with E-state index in [0.717, 1.165) is 16.6 Å². The Morgan fingerprint density at radius 1 is 1.22 bits per heavy atom. The smallest absolute Gasteiger partial charge is 0.273 e. The number of hydrogen-bond acceptors (Lipinski definition) is 7. The van der Waals surface area contributed by atoms with Crippen LogP contribution in [-0.2, 0) is 11.8 Å². The number of aryl methyl sites for hydroxylation is 1. The summed E-state index contributed by atoms with van der Waals surface area (Å²) in [6.45, 7) is 1.79. The highest BCUT2D eigenvalue weighted by Gasteiger charge is 2.19. The SMILES string of the molecule is CC[C@@H](Nc1nnc(C(N)=O)c(Nc2cccc3c2ccn3C)n1)C(N)=O. The van der Waals surface area contributed by atoms with Crippen LogP contribution in [0.4, 0.5) is 17.5 Å².